The van der Waals surface area contributed by atoms with Crippen molar-refractivity contribution in [2.24, 2.45) is 0 Å². The first kappa shape index (κ1) is 23.1. The molecule has 1 aliphatic rings. The molecule has 3 N–H and O–H groups in total. The standard InChI is InChI=1S/C25H29N3O4S/c29-25(27-30)12-3-1-2-6-17-28(21-13-14-23-20(18-21)15-16-26-23)33(31,32)24-11-7-9-19-8-4-5-10-22(19)24/h4-5,8,10-11,13-16,18,26,30H,1-3,6-7,9,12,17H2,(H,27,29). The molecule has 3 aromatic rings. The van der Waals surface area contributed by atoms with Gasteiger partial charge in [-0.25, -0.2) is 13.9 Å². The lowest BCUT2D eigenvalue weighted by atomic mass is 9.97. The molecule has 0 spiro atoms. The molecule has 33 heavy (non-hydrogen) atoms. The Morgan fingerprint density at radius 1 is 1.06 bits per heavy atom. The van der Waals surface area contributed by atoms with Crippen LogP contribution in [0.1, 0.15) is 49.7 Å². The molecule has 2 aromatic carbocycles. The zero-order chi connectivity index (χ0) is 23.3. The van der Waals surface area contributed by atoms with E-state index in [0.717, 1.165) is 41.3 Å². The van der Waals surface area contributed by atoms with E-state index < -0.39 is 15.9 Å². The minimum atomic E-state index is -3.77. The van der Waals surface area contributed by atoms with E-state index in [1.165, 1.54) is 4.31 Å². The number of nitrogens with zero attached hydrogens (tertiary/aromatic N) is 1. The normalized spacial score (nSPS) is 13.4. The Labute approximate surface area is 194 Å². The van der Waals surface area contributed by atoms with Crippen LogP contribution < -0.4 is 9.79 Å². The van der Waals surface area contributed by atoms with Gasteiger partial charge in [0.2, 0.25) is 5.91 Å². The van der Waals surface area contributed by atoms with Gasteiger partial charge in [0.1, 0.15) is 0 Å². The zero-order valence-electron chi connectivity index (χ0n) is 18.5. The molecule has 0 bridgehead atoms. The molecule has 0 saturated heterocycles. The highest BCUT2D eigenvalue weighted by Crippen LogP contribution is 2.35. The van der Waals surface area contributed by atoms with Gasteiger partial charge in [-0.1, -0.05) is 43.2 Å². The van der Waals surface area contributed by atoms with E-state index in [9.17, 15) is 13.2 Å². The number of carbonyl (C=O) groups excluding carboxylic acids is 1. The van der Waals surface area contributed by atoms with Crippen LogP contribution in [0.2, 0.25) is 0 Å². The van der Waals surface area contributed by atoms with Crippen molar-refractivity contribution < 1.29 is 18.4 Å². The number of hydroxylamine groups is 1. The SMILES string of the molecule is O=C(CCCCCCN(c1ccc2[nH]ccc2c1)S(=O)(=O)C1=CCCc2ccccc21)NO. The van der Waals surface area contributed by atoms with Gasteiger partial charge in [0, 0.05) is 30.1 Å². The van der Waals surface area contributed by atoms with Gasteiger partial charge in [0.15, 0.2) is 0 Å². The third-order valence-electron chi connectivity index (χ3n) is 6.06. The lowest BCUT2D eigenvalue weighted by molar-refractivity contribution is -0.129. The fourth-order valence-electron chi connectivity index (χ4n) is 4.34. The molecule has 0 radical (unpaired) electrons. The highest BCUT2D eigenvalue weighted by molar-refractivity contribution is 8.01. The quantitative estimate of drug-likeness (QED) is 0.227. The number of rotatable bonds is 10. The van der Waals surface area contributed by atoms with E-state index in [1.54, 1.807) is 5.48 Å². The minimum Gasteiger partial charge on any atom is -0.361 e. The van der Waals surface area contributed by atoms with Gasteiger partial charge in [-0.15, -0.1) is 0 Å². The summed E-state index contributed by atoms with van der Waals surface area (Å²) in [5, 5.41) is 9.56. The Hall–Kier alpha value is -3.10. The number of aromatic nitrogens is 1. The van der Waals surface area contributed by atoms with Gasteiger partial charge in [-0.05, 0) is 61.1 Å². The summed E-state index contributed by atoms with van der Waals surface area (Å²) < 4.78 is 29.4. The van der Waals surface area contributed by atoms with Crippen molar-refractivity contribution in [2.45, 2.75) is 44.9 Å². The lowest BCUT2D eigenvalue weighted by Crippen LogP contribution is -2.33. The molecule has 1 heterocycles. The van der Waals surface area contributed by atoms with Crippen molar-refractivity contribution >= 4 is 37.4 Å². The second kappa shape index (κ2) is 10.2. The van der Waals surface area contributed by atoms with Crippen molar-refractivity contribution in [1.82, 2.24) is 10.5 Å². The molecular weight excluding hydrogens is 438 g/mol. The van der Waals surface area contributed by atoms with Gasteiger partial charge in [-0.2, -0.15) is 0 Å². The fraction of sp³-hybridized carbons (Fsp3) is 0.320. The number of aromatic amines is 1. The van der Waals surface area contributed by atoms with Crippen LogP contribution in [0, 0.1) is 0 Å². The maximum atomic E-state index is 13.9. The van der Waals surface area contributed by atoms with E-state index in [0.29, 0.717) is 36.4 Å². The number of allylic oxidation sites excluding steroid dienone is 1. The third kappa shape index (κ3) is 5.12. The van der Waals surface area contributed by atoms with Crippen LogP contribution in [-0.4, -0.2) is 31.1 Å². The lowest BCUT2D eigenvalue weighted by Gasteiger charge is -2.28. The molecular formula is C25H29N3O4S. The summed E-state index contributed by atoms with van der Waals surface area (Å²) in [7, 11) is -3.77. The third-order valence-corrected chi connectivity index (χ3v) is 7.97. The Bertz CT molecular complexity index is 1260. The number of carbonyl (C=O) groups is 1. The second-order valence-electron chi connectivity index (χ2n) is 8.29. The molecule has 0 fully saturated rings. The number of hydrogen-bond donors (Lipinski definition) is 3. The first-order valence-electron chi connectivity index (χ1n) is 11.3. The Balaban J connectivity index is 1.58. The number of benzene rings is 2. The maximum Gasteiger partial charge on any atom is 0.264 e. The average Bonchev–Trinajstić information content (AvgIpc) is 3.30. The minimum absolute atomic E-state index is 0.256. The number of aryl methyl sites for hydroxylation is 1. The summed E-state index contributed by atoms with van der Waals surface area (Å²) in [5.41, 5.74) is 5.08. The first-order valence-corrected chi connectivity index (χ1v) is 12.8. The number of amides is 1. The zero-order valence-corrected chi connectivity index (χ0v) is 19.3. The molecule has 8 heteroatoms. The van der Waals surface area contributed by atoms with Crippen molar-refractivity contribution in [3.63, 3.8) is 0 Å². The smallest absolute Gasteiger partial charge is 0.264 e. The van der Waals surface area contributed by atoms with Crippen LogP contribution in [0.25, 0.3) is 15.8 Å². The summed E-state index contributed by atoms with van der Waals surface area (Å²) in [4.78, 5) is 14.7. The number of nitrogens with one attached hydrogen (secondary N) is 2. The Kier molecular flexibility index (Phi) is 7.15. The molecule has 1 aliphatic carbocycles. The highest BCUT2D eigenvalue weighted by atomic mass is 32.2. The topological polar surface area (TPSA) is 103 Å². The van der Waals surface area contributed by atoms with E-state index in [4.69, 9.17) is 5.21 Å². The van der Waals surface area contributed by atoms with Crippen molar-refractivity contribution in [3.8, 4) is 0 Å². The number of anilines is 1. The predicted octanol–water partition coefficient (Wildman–Crippen LogP) is 4.75. The molecule has 0 unspecified atom stereocenters. The molecule has 0 atom stereocenters. The summed E-state index contributed by atoms with van der Waals surface area (Å²) in [6, 6.07) is 15.3. The number of hydrogen-bond acceptors (Lipinski definition) is 4. The molecule has 0 aliphatic heterocycles. The second-order valence-corrected chi connectivity index (χ2v) is 10.1. The molecule has 0 saturated carbocycles. The average molecular weight is 468 g/mol. The van der Waals surface area contributed by atoms with Crippen LogP contribution in [0.3, 0.4) is 0 Å². The largest absolute Gasteiger partial charge is 0.361 e. The van der Waals surface area contributed by atoms with E-state index in [2.05, 4.69) is 4.98 Å². The summed E-state index contributed by atoms with van der Waals surface area (Å²) in [6.07, 6.45) is 8.35. The number of sulfonamides is 1. The van der Waals surface area contributed by atoms with Gasteiger partial charge in [0.05, 0.1) is 10.6 Å². The van der Waals surface area contributed by atoms with E-state index in [1.807, 2.05) is 60.8 Å². The fourth-order valence-corrected chi connectivity index (χ4v) is 6.15. The monoisotopic (exact) mass is 467 g/mol. The van der Waals surface area contributed by atoms with Gasteiger partial charge in [0.25, 0.3) is 10.0 Å². The summed E-state index contributed by atoms with van der Waals surface area (Å²) in [6.45, 7) is 0.351. The van der Waals surface area contributed by atoms with Crippen LogP contribution in [0.15, 0.2) is 60.8 Å². The Morgan fingerprint density at radius 2 is 1.88 bits per heavy atom. The first-order chi connectivity index (χ1) is 16.0. The number of fused-ring (bicyclic) bond motifs is 2. The predicted molar refractivity (Wildman–Crippen MR) is 130 cm³/mol. The van der Waals surface area contributed by atoms with Crippen LogP contribution in [0.5, 0.6) is 0 Å². The van der Waals surface area contributed by atoms with Gasteiger partial charge in [-0.3, -0.25) is 14.3 Å². The number of unbranched alkanes of at least 4 members (excludes halogenated alkanes) is 3. The number of H-pyrrole nitrogens is 1. The molecule has 174 valence electrons. The van der Waals surface area contributed by atoms with E-state index >= 15 is 0 Å². The van der Waals surface area contributed by atoms with Crippen LogP contribution in [0.4, 0.5) is 5.69 Å². The molecule has 7 nitrogen and oxygen atoms in total. The Morgan fingerprint density at radius 3 is 2.73 bits per heavy atom. The van der Waals surface area contributed by atoms with Crippen molar-refractivity contribution in [3.05, 3.63) is 71.9 Å². The maximum absolute atomic E-state index is 13.9. The molecule has 1 aromatic heterocycles. The van der Waals surface area contributed by atoms with Crippen molar-refractivity contribution in [1.29, 1.82) is 0 Å². The van der Waals surface area contributed by atoms with E-state index in [-0.39, 0.29) is 6.42 Å². The van der Waals surface area contributed by atoms with Crippen LogP contribution >= 0.6 is 0 Å². The summed E-state index contributed by atoms with van der Waals surface area (Å²) in [5.74, 6) is -0.401. The van der Waals surface area contributed by atoms with Crippen LogP contribution in [-0.2, 0) is 21.2 Å². The van der Waals surface area contributed by atoms with Gasteiger partial charge >= 0.3 is 0 Å². The van der Waals surface area contributed by atoms with Gasteiger partial charge < -0.3 is 4.98 Å². The van der Waals surface area contributed by atoms with Crippen molar-refractivity contribution in [2.75, 3.05) is 10.8 Å². The molecule has 4 rings (SSSR count). The molecule has 1 amide bonds. The highest BCUT2D eigenvalue weighted by Gasteiger charge is 2.30. The summed E-state index contributed by atoms with van der Waals surface area (Å²) >= 11 is 0.